The van der Waals surface area contributed by atoms with Gasteiger partial charge in [-0.3, -0.25) is 4.79 Å². The summed E-state index contributed by atoms with van der Waals surface area (Å²) in [5, 5.41) is 0. The van der Waals surface area contributed by atoms with Gasteiger partial charge in [-0.15, -0.1) is 6.58 Å². The summed E-state index contributed by atoms with van der Waals surface area (Å²) in [4.78, 5) is 11.5. The van der Waals surface area contributed by atoms with Crippen molar-refractivity contribution in [3.63, 3.8) is 0 Å². The van der Waals surface area contributed by atoms with E-state index >= 15 is 0 Å². The Labute approximate surface area is 132 Å². The maximum absolute atomic E-state index is 11.5. The monoisotopic (exact) mass is 292 g/mol. The van der Waals surface area contributed by atoms with Crippen LogP contribution in [-0.2, 0) is 4.79 Å². The van der Waals surface area contributed by atoms with Gasteiger partial charge in [0, 0.05) is 5.92 Å². The highest BCUT2D eigenvalue weighted by atomic mass is 16.1. The van der Waals surface area contributed by atoms with Crippen molar-refractivity contribution in [2.45, 2.75) is 90.4 Å². The van der Waals surface area contributed by atoms with Crippen LogP contribution in [0.5, 0.6) is 0 Å². The van der Waals surface area contributed by atoms with Gasteiger partial charge in [0.2, 0.25) is 0 Å². The van der Waals surface area contributed by atoms with Crippen LogP contribution in [0.2, 0.25) is 0 Å². The number of hydrogen-bond donors (Lipinski definition) is 0. The van der Waals surface area contributed by atoms with Crippen LogP contribution in [0.4, 0.5) is 0 Å². The summed E-state index contributed by atoms with van der Waals surface area (Å²) < 4.78 is 0. The summed E-state index contributed by atoms with van der Waals surface area (Å²) in [5.74, 6) is 0.110. The molecule has 21 heavy (non-hydrogen) atoms. The normalized spacial score (nSPS) is 12.0. The Balaban J connectivity index is 3.27. The van der Waals surface area contributed by atoms with Crippen LogP contribution in [0.3, 0.4) is 0 Å². The van der Waals surface area contributed by atoms with Crippen molar-refractivity contribution in [1.82, 2.24) is 0 Å². The van der Waals surface area contributed by atoms with Crippen LogP contribution in [-0.4, -0.2) is 5.78 Å². The molecule has 0 aromatic rings. The van der Waals surface area contributed by atoms with Gasteiger partial charge in [-0.25, -0.2) is 0 Å². The van der Waals surface area contributed by atoms with Crippen LogP contribution >= 0.6 is 0 Å². The molecular formula is C20H36O. The fourth-order valence-electron chi connectivity index (χ4n) is 2.73. The van der Waals surface area contributed by atoms with Crippen LogP contribution in [0.15, 0.2) is 25.3 Å². The average molecular weight is 293 g/mol. The van der Waals surface area contributed by atoms with Gasteiger partial charge in [-0.05, 0) is 12.5 Å². The second kappa shape index (κ2) is 15.5. The molecule has 0 fully saturated rings. The molecule has 1 nitrogen and oxygen atoms in total. The third kappa shape index (κ3) is 12.6. The standard InChI is InChI=1S/C20H36O/c1-4-7-8-9-10-11-12-13-14-15-16-17-18-19(5-2)20(21)6-3/h5-6,19H,2-4,7-18H2,1H3. The highest BCUT2D eigenvalue weighted by Crippen LogP contribution is 2.15. The quantitative estimate of drug-likeness (QED) is 0.177. The Bertz CT molecular complexity index is 267. The minimum absolute atomic E-state index is 0.00868. The van der Waals surface area contributed by atoms with Crippen LogP contribution in [0.25, 0.3) is 0 Å². The van der Waals surface area contributed by atoms with E-state index in [2.05, 4.69) is 20.1 Å². The predicted octanol–water partition coefficient (Wildman–Crippen LogP) is 6.63. The van der Waals surface area contributed by atoms with E-state index in [4.69, 9.17) is 0 Å². The second-order valence-corrected chi connectivity index (χ2v) is 6.13. The van der Waals surface area contributed by atoms with E-state index in [0.29, 0.717) is 0 Å². The SMILES string of the molecule is C=CC(=O)C(C=C)CCCCCCCCCCCCCC. The number of hydrogen-bond acceptors (Lipinski definition) is 1. The van der Waals surface area contributed by atoms with Crippen LogP contribution < -0.4 is 0 Å². The summed E-state index contributed by atoms with van der Waals surface area (Å²) >= 11 is 0. The minimum Gasteiger partial charge on any atom is -0.294 e. The zero-order valence-electron chi connectivity index (χ0n) is 14.2. The van der Waals surface area contributed by atoms with Crippen molar-refractivity contribution in [3.05, 3.63) is 25.3 Å². The summed E-state index contributed by atoms with van der Waals surface area (Å²) in [6.45, 7) is 9.55. The van der Waals surface area contributed by atoms with E-state index in [-0.39, 0.29) is 11.7 Å². The van der Waals surface area contributed by atoms with Crippen molar-refractivity contribution in [2.24, 2.45) is 5.92 Å². The van der Waals surface area contributed by atoms with E-state index < -0.39 is 0 Å². The number of carbonyl (C=O) groups is 1. The number of allylic oxidation sites excluding steroid dienone is 2. The van der Waals surface area contributed by atoms with Crippen molar-refractivity contribution >= 4 is 5.78 Å². The smallest absolute Gasteiger partial charge is 0.161 e. The van der Waals surface area contributed by atoms with E-state index in [1.54, 1.807) is 6.08 Å². The molecule has 0 aliphatic heterocycles. The van der Waals surface area contributed by atoms with Gasteiger partial charge in [0.1, 0.15) is 0 Å². The summed E-state index contributed by atoms with van der Waals surface area (Å²) in [7, 11) is 0. The predicted molar refractivity (Wildman–Crippen MR) is 94.6 cm³/mol. The summed E-state index contributed by atoms with van der Waals surface area (Å²) in [6.07, 6.45) is 20.4. The molecule has 0 aromatic heterocycles. The van der Waals surface area contributed by atoms with E-state index in [1.807, 2.05) is 0 Å². The van der Waals surface area contributed by atoms with E-state index in [0.717, 1.165) is 12.8 Å². The molecule has 0 saturated heterocycles. The molecule has 0 aliphatic carbocycles. The first kappa shape index (κ1) is 20.1. The first-order valence-corrected chi connectivity index (χ1v) is 9.05. The van der Waals surface area contributed by atoms with Crippen LogP contribution in [0, 0.1) is 5.92 Å². The maximum atomic E-state index is 11.5. The topological polar surface area (TPSA) is 17.1 Å². The molecule has 0 bridgehead atoms. The van der Waals surface area contributed by atoms with Crippen molar-refractivity contribution < 1.29 is 4.79 Å². The van der Waals surface area contributed by atoms with Gasteiger partial charge in [0.15, 0.2) is 5.78 Å². The van der Waals surface area contributed by atoms with Gasteiger partial charge in [0.25, 0.3) is 0 Å². The molecule has 0 saturated carbocycles. The van der Waals surface area contributed by atoms with E-state index in [9.17, 15) is 4.79 Å². The summed E-state index contributed by atoms with van der Waals surface area (Å²) in [5.41, 5.74) is 0. The van der Waals surface area contributed by atoms with E-state index in [1.165, 1.54) is 76.7 Å². The molecule has 0 N–H and O–H groups in total. The van der Waals surface area contributed by atoms with Crippen molar-refractivity contribution in [3.8, 4) is 0 Å². The molecule has 0 spiro atoms. The Kier molecular flexibility index (Phi) is 14.9. The first-order chi connectivity index (χ1) is 10.3. The number of ketones is 1. The molecule has 0 radical (unpaired) electrons. The van der Waals surface area contributed by atoms with Gasteiger partial charge >= 0.3 is 0 Å². The lowest BCUT2D eigenvalue weighted by Gasteiger charge is -2.08. The van der Waals surface area contributed by atoms with Crippen molar-refractivity contribution in [2.75, 3.05) is 0 Å². The Morgan fingerprint density at radius 1 is 0.810 bits per heavy atom. The molecule has 0 rings (SSSR count). The molecule has 1 heteroatoms. The maximum Gasteiger partial charge on any atom is 0.161 e. The van der Waals surface area contributed by atoms with Gasteiger partial charge in [0.05, 0.1) is 0 Å². The largest absolute Gasteiger partial charge is 0.294 e. The molecule has 0 aliphatic rings. The molecule has 1 atom stereocenters. The number of carbonyl (C=O) groups excluding carboxylic acids is 1. The minimum atomic E-state index is -0.00868. The highest BCUT2D eigenvalue weighted by molar-refractivity contribution is 5.92. The summed E-state index contributed by atoms with van der Waals surface area (Å²) in [6, 6.07) is 0. The first-order valence-electron chi connectivity index (χ1n) is 9.05. The molecule has 122 valence electrons. The van der Waals surface area contributed by atoms with Crippen molar-refractivity contribution in [1.29, 1.82) is 0 Å². The lowest BCUT2D eigenvalue weighted by Crippen LogP contribution is -2.08. The lowest BCUT2D eigenvalue weighted by atomic mass is 9.96. The van der Waals surface area contributed by atoms with Gasteiger partial charge < -0.3 is 0 Å². The average Bonchev–Trinajstić information content (AvgIpc) is 2.51. The van der Waals surface area contributed by atoms with Gasteiger partial charge in [-0.1, -0.05) is 96.6 Å². The third-order valence-electron chi connectivity index (χ3n) is 4.22. The fraction of sp³-hybridized carbons (Fsp3) is 0.750. The zero-order valence-corrected chi connectivity index (χ0v) is 14.2. The van der Waals surface area contributed by atoms with Crippen LogP contribution in [0.1, 0.15) is 90.4 Å². The highest BCUT2D eigenvalue weighted by Gasteiger charge is 2.10. The lowest BCUT2D eigenvalue weighted by molar-refractivity contribution is -0.117. The Morgan fingerprint density at radius 3 is 1.62 bits per heavy atom. The van der Waals surface area contributed by atoms with Gasteiger partial charge in [-0.2, -0.15) is 0 Å². The molecular weight excluding hydrogens is 256 g/mol. The zero-order chi connectivity index (χ0) is 15.8. The molecule has 0 aromatic carbocycles. The molecule has 0 heterocycles. The fourth-order valence-corrected chi connectivity index (χ4v) is 2.73. The number of rotatable bonds is 16. The Morgan fingerprint density at radius 2 is 1.24 bits per heavy atom. The molecule has 1 unspecified atom stereocenters. The number of unbranched alkanes of at least 4 members (excludes halogenated alkanes) is 11. The second-order valence-electron chi connectivity index (χ2n) is 6.13. The Hall–Kier alpha value is -0.850. The molecule has 0 amide bonds. The third-order valence-corrected chi connectivity index (χ3v) is 4.22.